The molecule has 1 aromatic rings. The summed E-state index contributed by atoms with van der Waals surface area (Å²) in [6.07, 6.45) is 2.25. The Hall–Kier alpha value is -1.62. The van der Waals surface area contributed by atoms with Gasteiger partial charge < -0.3 is 15.4 Å². The summed E-state index contributed by atoms with van der Waals surface area (Å²) in [5.74, 6) is 0.535. The first-order valence-electron chi connectivity index (χ1n) is 4.30. The number of hydrogen-bond acceptors (Lipinski definition) is 4. The van der Waals surface area contributed by atoms with Crippen LogP contribution in [0.25, 0.3) is 0 Å². The maximum Gasteiger partial charge on any atom is 0.212 e. The third-order valence-electron chi connectivity index (χ3n) is 1.96. The molecule has 2 N–H and O–H groups in total. The van der Waals surface area contributed by atoms with Gasteiger partial charge >= 0.3 is 0 Å². The number of carbonyl (C=O) groups excluding carboxylic acids is 1. The maximum atomic E-state index is 10.1. The van der Waals surface area contributed by atoms with E-state index in [1.807, 2.05) is 13.0 Å². The molecule has 0 bridgehead atoms. The van der Waals surface area contributed by atoms with E-state index in [0.29, 0.717) is 18.8 Å². The van der Waals surface area contributed by atoms with E-state index in [1.165, 1.54) is 0 Å². The second-order valence-electron chi connectivity index (χ2n) is 3.34. The Morgan fingerprint density at radius 2 is 2.43 bits per heavy atom. The van der Waals surface area contributed by atoms with Crippen LogP contribution in [0.2, 0.25) is 0 Å². The van der Waals surface area contributed by atoms with Crippen LogP contribution in [-0.2, 0) is 9.53 Å². The molecule has 1 unspecified atom stereocenters. The van der Waals surface area contributed by atoms with Crippen molar-refractivity contribution in [2.75, 3.05) is 17.2 Å². The van der Waals surface area contributed by atoms with Gasteiger partial charge in [0.05, 0.1) is 18.5 Å². The number of aromatic nitrogens is 1. The lowest BCUT2D eigenvalue weighted by molar-refractivity contribution is -0.105. The predicted octanol–water partition coefficient (Wildman–Crippen LogP) is 0.808. The summed E-state index contributed by atoms with van der Waals surface area (Å²) in [6, 6.07) is 3.56. The van der Waals surface area contributed by atoms with Gasteiger partial charge in [-0.15, -0.1) is 0 Å². The van der Waals surface area contributed by atoms with Crippen LogP contribution >= 0.6 is 0 Å². The quantitative estimate of drug-likeness (QED) is 0.548. The van der Waals surface area contributed by atoms with Gasteiger partial charge in [0.1, 0.15) is 5.82 Å². The number of pyridine rings is 1. The van der Waals surface area contributed by atoms with Crippen molar-refractivity contribution in [3.8, 4) is 0 Å². The topological polar surface area (TPSA) is 66.5 Å². The van der Waals surface area contributed by atoms with E-state index in [4.69, 9.17) is 4.74 Å². The molecule has 1 fully saturated rings. The van der Waals surface area contributed by atoms with Gasteiger partial charge in [0.15, 0.2) is 5.72 Å². The van der Waals surface area contributed by atoms with Crippen LogP contribution in [-0.4, -0.2) is 23.7 Å². The van der Waals surface area contributed by atoms with E-state index in [9.17, 15) is 4.79 Å². The van der Waals surface area contributed by atoms with E-state index < -0.39 is 0 Å². The first kappa shape index (κ1) is 8.96. The molecule has 74 valence electrons. The van der Waals surface area contributed by atoms with Crippen molar-refractivity contribution in [2.45, 2.75) is 12.6 Å². The molecular formula is C9H11N3O2. The van der Waals surface area contributed by atoms with Crippen molar-refractivity contribution < 1.29 is 9.53 Å². The number of carbonyl (C=O) groups is 1. The summed E-state index contributed by atoms with van der Waals surface area (Å²) in [7, 11) is 0. The number of epoxide rings is 1. The third-order valence-corrected chi connectivity index (χ3v) is 1.96. The SMILES string of the molecule is CC1(Nc2ccc(NC=O)nc2)CO1. The van der Waals surface area contributed by atoms with Crippen molar-refractivity contribution >= 4 is 17.9 Å². The second-order valence-corrected chi connectivity index (χ2v) is 3.34. The zero-order chi connectivity index (χ0) is 10.0. The molecule has 2 heterocycles. The molecule has 1 aliphatic rings. The van der Waals surface area contributed by atoms with Crippen molar-refractivity contribution in [2.24, 2.45) is 0 Å². The van der Waals surface area contributed by atoms with Crippen LogP contribution in [0.15, 0.2) is 18.3 Å². The molecule has 1 aromatic heterocycles. The van der Waals surface area contributed by atoms with E-state index in [0.717, 1.165) is 5.69 Å². The third kappa shape index (κ3) is 2.00. The summed E-state index contributed by atoms with van der Waals surface area (Å²) in [4.78, 5) is 14.1. The molecule has 2 rings (SSSR count). The monoisotopic (exact) mass is 193 g/mol. The summed E-state index contributed by atoms with van der Waals surface area (Å²) in [5, 5.41) is 5.62. The van der Waals surface area contributed by atoms with Gasteiger partial charge in [0.25, 0.3) is 0 Å². The minimum atomic E-state index is -0.235. The number of nitrogens with zero attached hydrogens (tertiary/aromatic N) is 1. The number of amides is 1. The minimum Gasteiger partial charge on any atom is -0.355 e. The van der Waals surface area contributed by atoms with Crippen LogP contribution < -0.4 is 10.6 Å². The van der Waals surface area contributed by atoms with Gasteiger partial charge in [-0.2, -0.15) is 0 Å². The molecule has 14 heavy (non-hydrogen) atoms. The van der Waals surface area contributed by atoms with Crippen molar-refractivity contribution in [1.82, 2.24) is 4.98 Å². The predicted molar refractivity (Wildman–Crippen MR) is 51.9 cm³/mol. The summed E-state index contributed by atoms with van der Waals surface area (Å²) in [6.45, 7) is 2.67. The Balaban J connectivity index is 2.02. The number of rotatable bonds is 4. The van der Waals surface area contributed by atoms with E-state index in [-0.39, 0.29) is 5.72 Å². The number of ether oxygens (including phenoxy) is 1. The molecule has 5 heteroatoms. The highest BCUT2D eigenvalue weighted by molar-refractivity contribution is 5.69. The average molecular weight is 193 g/mol. The molecule has 0 aromatic carbocycles. The first-order chi connectivity index (χ1) is 6.72. The molecule has 0 aliphatic carbocycles. The Bertz CT molecular complexity index is 332. The van der Waals surface area contributed by atoms with Gasteiger partial charge in [0, 0.05) is 0 Å². The molecule has 1 amide bonds. The Morgan fingerprint density at radius 1 is 1.64 bits per heavy atom. The van der Waals surface area contributed by atoms with E-state index in [1.54, 1.807) is 12.3 Å². The molecule has 0 saturated carbocycles. The standard InChI is InChI=1S/C9H11N3O2/c1-9(5-14-9)12-7-2-3-8(10-4-7)11-6-13/h2-4,6,12H,5H2,1H3,(H,10,11,13). The van der Waals surface area contributed by atoms with Crippen LogP contribution in [0, 0.1) is 0 Å². The molecule has 1 atom stereocenters. The Kier molecular flexibility index (Phi) is 2.09. The highest BCUT2D eigenvalue weighted by atomic mass is 16.6. The number of anilines is 2. The average Bonchev–Trinajstić information content (AvgIpc) is 2.88. The fourth-order valence-electron chi connectivity index (χ4n) is 1.10. The summed E-state index contributed by atoms with van der Waals surface area (Å²) < 4.78 is 5.17. The van der Waals surface area contributed by atoms with Crippen LogP contribution in [0.1, 0.15) is 6.92 Å². The molecule has 0 spiro atoms. The van der Waals surface area contributed by atoms with Gasteiger partial charge in [-0.25, -0.2) is 4.98 Å². The van der Waals surface area contributed by atoms with Crippen LogP contribution in [0.4, 0.5) is 11.5 Å². The molecule has 0 radical (unpaired) electrons. The van der Waals surface area contributed by atoms with Crippen molar-refractivity contribution in [1.29, 1.82) is 0 Å². The minimum absolute atomic E-state index is 0.235. The largest absolute Gasteiger partial charge is 0.355 e. The molecular weight excluding hydrogens is 182 g/mol. The molecule has 5 nitrogen and oxygen atoms in total. The molecule has 1 aliphatic heterocycles. The zero-order valence-corrected chi connectivity index (χ0v) is 7.78. The van der Waals surface area contributed by atoms with Gasteiger partial charge in [0.2, 0.25) is 6.41 Å². The van der Waals surface area contributed by atoms with E-state index >= 15 is 0 Å². The number of nitrogens with one attached hydrogen (secondary N) is 2. The van der Waals surface area contributed by atoms with Crippen LogP contribution in [0.3, 0.4) is 0 Å². The summed E-state index contributed by atoms with van der Waals surface area (Å²) >= 11 is 0. The smallest absolute Gasteiger partial charge is 0.212 e. The maximum absolute atomic E-state index is 10.1. The fourth-order valence-corrected chi connectivity index (χ4v) is 1.10. The van der Waals surface area contributed by atoms with Crippen molar-refractivity contribution in [3.05, 3.63) is 18.3 Å². The first-order valence-corrected chi connectivity index (χ1v) is 4.30. The summed E-state index contributed by atoms with van der Waals surface area (Å²) in [5.41, 5.74) is 0.642. The second kappa shape index (κ2) is 3.26. The Morgan fingerprint density at radius 3 is 2.93 bits per heavy atom. The highest BCUT2D eigenvalue weighted by Crippen LogP contribution is 2.27. The molecule has 1 saturated heterocycles. The highest BCUT2D eigenvalue weighted by Gasteiger charge is 2.39. The van der Waals surface area contributed by atoms with E-state index in [2.05, 4.69) is 15.6 Å². The Labute approximate surface area is 81.5 Å². The van der Waals surface area contributed by atoms with Crippen molar-refractivity contribution in [3.63, 3.8) is 0 Å². The van der Waals surface area contributed by atoms with Gasteiger partial charge in [-0.05, 0) is 19.1 Å². The van der Waals surface area contributed by atoms with Crippen LogP contribution in [0.5, 0.6) is 0 Å². The normalized spacial score (nSPS) is 24.1. The fraction of sp³-hybridized carbons (Fsp3) is 0.333. The number of hydrogen-bond donors (Lipinski definition) is 2. The lowest BCUT2D eigenvalue weighted by atomic mass is 10.3. The van der Waals surface area contributed by atoms with Gasteiger partial charge in [-0.1, -0.05) is 0 Å². The van der Waals surface area contributed by atoms with Gasteiger partial charge in [-0.3, -0.25) is 4.79 Å². The lowest BCUT2D eigenvalue weighted by Crippen LogP contribution is -2.18. The zero-order valence-electron chi connectivity index (χ0n) is 7.78. The lowest BCUT2D eigenvalue weighted by Gasteiger charge is -2.09.